The van der Waals surface area contributed by atoms with E-state index in [9.17, 15) is 9.59 Å². The maximum Gasteiger partial charge on any atom is 0.252 e. The van der Waals surface area contributed by atoms with Crippen LogP contribution in [0.15, 0.2) is 17.1 Å². The van der Waals surface area contributed by atoms with Crippen LogP contribution in [0.1, 0.15) is 6.42 Å². The molecule has 0 bridgehead atoms. The fourth-order valence-electron chi connectivity index (χ4n) is 1.39. The molecule has 1 saturated heterocycles. The molecule has 1 aromatic heterocycles. The first-order valence-electron chi connectivity index (χ1n) is 4.20. The van der Waals surface area contributed by atoms with Gasteiger partial charge in [0.2, 0.25) is 11.9 Å². The Morgan fingerprint density at radius 3 is 2.93 bits per heavy atom. The smallest absolute Gasteiger partial charge is 0.252 e. The standard InChI is InChI=1S/C8H9N3O2S/c12-6-1-2-9-8(10-6)11-4-5(14)3-7(11)13/h1-2,5,14H,3-4H2,(H,9,10,12). The van der Waals surface area contributed by atoms with E-state index in [1.807, 2.05) is 0 Å². The zero-order chi connectivity index (χ0) is 10.1. The number of hydrogen-bond donors (Lipinski definition) is 2. The Hall–Kier alpha value is -1.30. The van der Waals surface area contributed by atoms with Gasteiger partial charge in [-0.1, -0.05) is 0 Å². The van der Waals surface area contributed by atoms with Crippen molar-refractivity contribution in [2.75, 3.05) is 11.4 Å². The molecule has 74 valence electrons. The largest absolute Gasteiger partial charge is 0.292 e. The summed E-state index contributed by atoms with van der Waals surface area (Å²) in [5.41, 5.74) is -0.259. The van der Waals surface area contributed by atoms with Gasteiger partial charge in [-0.3, -0.25) is 19.5 Å². The van der Waals surface area contributed by atoms with E-state index in [0.29, 0.717) is 18.9 Å². The van der Waals surface area contributed by atoms with Crippen molar-refractivity contribution in [1.82, 2.24) is 9.97 Å². The van der Waals surface area contributed by atoms with Crippen molar-refractivity contribution in [3.05, 3.63) is 22.6 Å². The quantitative estimate of drug-likeness (QED) is 0.632. The van der Waals surface area contributed by atoms with Crippen LogP contribution in [0.2, 0.25) is 0 Å². The molecule has 1 N–H and O–H groups in total. The molecule has 0 aliphatic carbocycles. The predicted molar refractivity (Wildman–Crippen MR) is 54.6 cm³/mol. The molecule has 0 spiro atoms. The van der Waals surface area contributed by atoms with Gasteiger partial charge in [-0.15, -0.1) is 0 Å². The van der Waals surface area contributed by atoms with Crippen molar-refractivity contribution in [2.24, 2.45) is 0 Å². The molecule has 0 aromatic carbocycles. The lowest BCUT2D eigenvalue weighted by Crippen LogP contribution is -2.28. The normalized spacial score (nSPS) is 21.6. The van der Waals surface area contributed by atoms with Crippen LogP contribution in [0.4, 0.5) is 5.95 Å². The Kier molecular flexibility index (Phi) is 2.28. The van der Waals surface area contributed by atoms with E-state index in [0.717, 1.165) is 0 Å². The third-order valence-electron chi connectivity index (χ3n) is 2.02. The summed E-state index contributed by atoms with van der Waals surface area (Å²) in [5, 5.41) is 0.0213. The highest BCUT2D eigenvalue weighted by Gasteiger charge is 2.29. The third kappa shape index (κ3) is 1.65. The number of hydrogen-bond acceptors (Lipinski definition) is 4. The van der Waals surface area contributed by atoms with E-state index in [1.54, 1.807) is 0 Å². The molecule has 1 amide bonds. The number of nitrogens with one attached hydrogen (secondary N) is 1. The van der Waals surface area contributed by atoms with Gasteiger partial charge >= 0.3 is 0 Å². The number of carbonyl (C=O) groups excluding carboxylic acids is 1. The van der Waals surface area contributed by atoms with Crippen LogP contribution in [-0.4, -0.2) is 27.7 Å². The molecule has 2 rings (SSSR count). The summed E-state index contributed by atoms with van der Waals surface area (Å²) >= 11 is 4.20. The van der Waals surface area contributed by atoms with Crippen LogP contribution >= 0.6 is 12.6 Å². The van der Waals surface area contributed by atoms with Crippen molar-refractivity contribution >= 4 is 24.5 Å². The van der Waals surface area contributed by atoms with Crippen LogP contribution in [0, 0.1) is 0 Å². The number of H-pyrrole nitrogens is 1. The van der Waals surface area contributed by atoms with Gasteiger partial charge in [0.1, 0.15) is 0 Å². The summed E-state index contributed by atoms with van der Waals surface area (Å²) in [6.45, 7) is 0.495. The fourth-order valence-corrected chi connectivity index (χ4v) is 1.71. The second kappa shape index (κ2) is 3.45. The van der Waals surface area contributed by atoms with Gasteiger partial charge in [0, 0.05) is 30.5 Å². The molecule has 1 fully saturated rings. The molecule has 1 atom stereocenters. The highest BCUT2D eigenvalue weighted by molar-refractivity contribution is 7.81. The average Bonchev–Trinajstić information content (AvgIpc) is 2.45. The number of rotatable bonds is 1. The van der Waals surface area contributed by atoms with E-state index in [-0.39, 0.29) is 16.7 Å². The van der Waals surface area contributed by atoms with E-state index in [2.05, 4.69) is 22.6 Å². The topological polar surface area (TPSA) is 66.1 Å². The molecular formula is C8H9N3O2S. The van der Waals surface area contributed by atoms with Crippen molar-refractivity contribution in [2.45, 2.75) is 11.7 Å². The number of aromatic amines is 1. The van der Waals surface area contributed by atoms with Gasteiger partial charge in [0.25, 0.3) is 5.56 Å². The molecule has 1 aromatic rings. The third-order valence-corrected chi connectivity index (χ3v) is 2.36. The molecule has 0 radical (unpaired) electrons. The lowest BCUT2D eigenvalue weighted by atomic mass is 10.4. The number of anilines is 1. The van der Waals surface area contributed by atoms with Gasteiger partial charge < -0.3 is 0 Å². The first kappa shape index (κ1) is 9.26. The lowest BCUT2D eigenvalue weighted by Gasteiger charge is -2.12. The molecular weight excluding hydrogens is 202 g/mol. The zero-order valence-electron chi connectivity index (χ0n) is 7.30. The van der Waals surface area contributed by atoms with Gasteiger partial charge in [-0.05, 0) is 0 Å². The highest BCUT2D eigenvalue weighted by Crippen LogP contribution is 2.19. The van der Waals surface area contributed by atoms with E-state index >= 15 is 0 Å². The summed E-state index contributed by atoms with van der Waals surface area (Å²) < 4.78 is 0. The molecule has 0 saturated carbocycles. The minimum atomic E-state index is -0.259. The monoisotopic (exact) mass is 211 g/mol. The van der Waals surface area contributed by atoms with Crippen LogP contribution in [0.5, 0.6) is 0 Å². The second-order valence-electron chi connectivity index (χ2n) is 3.12. The number of thiol groups is 1. The molecule has 6 heteroatoms. The van der Waals surface area contributed by atoms with Crippen LogP contribution in [0.25, 0.3) is 0 Å². The zero-order valence-corrected chi connectivity index (χ0v) is 8.20. The molecule has 14 heavy (non-hydrogen) atoms. The van der Waals surface area contributed by atoms with Crippen molar-refractivity contribution < 1.29 is 4.79 Å². The Morgan fingerprint density at radius 2 is 2.36 bits per heavy atom. The molecule has 1 aliphatic heterocycles. The number of aromatic nitrogens is 2. The molecule has 5 nitrogen and oxygen atoms in total. The van der Waals surface area contributed by atoms with Gasteiger partial charge in [-0.2, -0.15) is 12.6 Å². The highest BCUT2D eigenvalue weighted by atomic mass is 32.1. The molecule has 1 unspecified atom stereocenters. The van der Waals surface area contributed by atoms with Gasteiger partial charge in [0.15, 0.2) is 0 Å². The summed E-state index contributed by atoms with van der Waals surface area (Å²) in [4.78, 5) is 30.3. The summed E-state index contributed by atoms with van der Waals surface area (Å²) in [6.07, 6.45) is 1.77. The lowest BCUT2D eigenvalue weighted by molar-refractivity contribution is -0.117. The van der Waals surface area contributed by atoms with E-state index < -0.39 is 0 Å². The number of nitrogens with zero attached hydrogens (tertiary/aromatic N) is 2. The Morgan fingerprint density at radius 1 is 1.57 bits per heavy atom. The van der Waals surface area contributed by atoms with Crippen molar-refractivity contribution in [3.63, 3.8) is 0 Å². The van der Waals surface area contributed by atoms with E-state index in [1.165, 1.54) is 17.2 Å². The van der Waals surface area contributed by atoms with Crippen LogP contribution in [-0.2, 0) is 4.79 Å². The van der Waals surface area contributed by atoms with Crippen LogP contribution in [0.3, 0.4) is 0 Å². The van der Waals surface area contributed by atoms with Crippen molar-refractivity contribution in [3.8, 4) is 0 Å². The summed E-state index contributed by atoms with van der Waals surface area (Å²) in [6, 6.07) is 1.31. The second-order valence-corrected chi connectivity index (χ2v) is 3.85. The maximum atomic E-state index is 11.4. The average molecular weight is 211 g/mol. The maximum absolute atomic E-state index is 11.4. The number of carbonyl (C=O) groups is 1. The predicted octanol–water partition coefficient (Wildman–Crippen LogP) is -0.195. The minimum Gasteiger partial charge on any atom is -0.292 e. The summed E-state index contributed by atoms with van der Waals surface area (Å²) in [5.74, 6) is 0.249. The van der Waals surface area contributed by atoms with Crippen LogP contribution < -0.4 is 10.5 Å². The van der Waals surface area contributed by atoms with Gasteiger partial charge in [-0.25, -0.2) is 4.98 Å². The number of amides is 1. The summed E-state index contributed by atoms with van der Waals surface area (Å²) in [7, 11) is 0. The van der Waals surface area contributed by atoms with E-state index in [4.69, 9.17) is 0 Å². The molecule has 1 aliphatic rings. The first-order valence-corrected chi connectivity index (χ1v) is 4.72. The Balaban J connectivity index is 2.32. The van der Waals surface area contributed by atoms with Crippen molar-refractivity contribution in [1.29, 1.82) is 0 Å². The minimum absolute atomic E-state index is 0.0213. The first-order chi connectivity index (χ1) is 6.66. The Labute approximate surface area is 85.6 Å². The van der Waals surface area contributed by atoms with Gasteiger partial charge in [0.05, 0.1) is 0 Å². The molecule has 2 heterocycles. The SMILES string of the molecule is O=C1CC(S)CN1c1nccc(=O)[nH]1. The fraction of sp³-hybridized carbons (Fsp3) is 0.375. The Bertz CT molecular complexity index is 417.